The fraction of sp³-hybridized carbons (Fsp3) is 0.333. The van der Waals surface area contributed by atoms with Crippen molar-refractivity contribution in [3.05, 3.63) is 24.3 Å². The maximum Gasteiger partial charge on any atom is 0.313 e. The van der Waals surface area contributed by atoms with E-state index in [1.165, 1.54) is 0 Å². The van der Waals surface area contributed by atoms with Crippen LogP contribution in [-0.2, 0) is 0 Å². The molecule has 17 heavy (non-hydrogen) atoms. The highest BCUT2D eigenvalue weighted by Crippen LogP contribution is 2.29. The number of hydrogen-bond donors (Lipinski definition) is 1. The van der Waals surface area contributed by atoms with Crippen molar-refractivity contribution in [2.75, 3.05) is 12.3 Å². The van der Waals surface area contributed by atoms with E-state index in [-0.39, 0.29) is 6.01 Å². The van der Waals surface area contributed by atoms with Gasteiger partial charge in [0, 0.05) is 0 Å². The number of nitrogens with two attached hydrogens (primary N) is 1. The molecule has 5 heteroatoms. The molecule has 0 aliphatic carbocycles. The first-order valence-electron chi connectivity index (χ1n) is 5.62. The first kappa shape index (κ1) is 11.4. The van der Waals surface area contributed by atoms with E-state index < -0.39 is 0 Å². The Balaban J connectivity index is 2.21. The minimum Gasteiger partial charge on any atom is -0.493 e. The monoisotopic (exact) mass is 233 g/mol. The second-order valence-electron chi connectivity index (χ2n) is 3.64. The molecule has 0 spiro atoms. The van der Waals surface area contributed by atoms with E-state index in [1.807, 2.05) is 24.3 Å². The van der Waals surface area contributed by atoms with Crippen molar-refractivity contribution in [2.24, 2.45) is 0 Å². The predicted octanol–water partition coefficient (Wildman–Crippen LogP) is 2.50. The highest BCUT2D eigenvalue weighted by atomic mass is 16.5. The number of aromatic nitrogens is 2. The Morgan fingerprint density at radius 3 is 2.82 bits per heavy atom. The second kappa shape index (κ2) is 5.34. The normalized spacial score (nSPS) is 10.4. The van der Waals surface area contributed by atoms with E-state index in [2.05, 4.69) is 17.1 Å². The Kier molecular flexibility index (Phi) is 3.59. The first-order valence-corrected chi connectivity index (χ1v) is 5.62. The van der Waals surface area contributed by atoms with Gasteiger partial charge < -0.3 is 14.9 Å². The molecule has 0 unspecified atom stereocenters. The molecule has 0 amide bonds. The van der Waals surface area contributed by atoms with Gasteiger partial charge in [-0.2, -0.15) is 0 Å². The van der Waals surface area contributed by atoms with Crippen LogP contribution in [0.3, 0.4) is 0 Å². The number of benzene rings is 1. The van der Waals surface area contributed by atoms with Gasteiger partial charge in [-0.05, 0) is 18.6 Å². The number of rotatable bonds is 5. The van der Waals surface area contributed by atoms with Crippen molar-refractivity contribution in [2.45, 2.75) is 19.8 Å². The fourth-order valence-corrected chi connectivity index (χ4v) is 1.44. The molecule has 0 aliphatic rings. The van der Waals surface area contributed by atoms with E-state index in [0.717, 1.165) is 24.2 Å². The Bertz CT molecular complexity index is 482. The Labute approximate surface area is 99.6 Å². The van der Waals surface area contributed by atoms with Crippen molar-refractivity contribution in [3.63, 3.8) is 0 Å². The van der Waals surface area contributed by atoms with Crippen molar-refractivity contribution >= 4 is 6.01 Å². The van der Waals surface area contributed by atoms with E-state index in [4.69, 9.17) is 14.9 Å². The third-order valence-corrected chi connectivity index (χ3v) is 2.31. The summed E-state index contributed by atoms with van der Waals surface area (Å²) >= 11 is 0. The summed E-state index contributed by atoms with van der Waals surface area (Å²) in [6, 6.07) is 7.61. The van der Waals surface area contributed by atoms with Crippen molar-refractivity contribution in [3.8, 4) is 17.2 Å². The Morgan fingerprint density at radius 2 is 2.12 bits per heavy atom. The molecular formula is C12H15N3O2. The van der Waals surface area contributed by atoms with Crippen LogP contribution in [0.2, 0.25) is 0 Å². The summed E-state index contributed by atoms with van der Waals surface area (Å²) in [4.78, 5) is 0. The number of anilines is 1. The van der Waals surface area contributed by atoms with Gasteiger partial charge in [0.15, 0.2) is 0 Å². The maximum atomic E-state index is 5.67. The molecule has 0 aliphatic heterocycles. The molecule has 2 aromatic rings. The number of nitrogens with zero attached hydrogens (tertiary/aromatic N) is 2. The molecule has 0 fully saturated rings. The van der Waals surface area contributed by atoms with Crippen LogP contribution in [0.15, 0.2) is 28.7 Å². The van der Waals surface area contributed by atoms with E-state index in [9.17, 15) is 0 Å². The smallest absolute Gasteiger partial charge is 0.313 e. The average molecular weight is 233 g/mol. The lowest BCUT2D eigenvalue weighted by Gasteiger charge is -2.08. The van der Waals surface area contributed by atoms with Gasteiger partial charge in [0.05, 0.1) is 12.2 Å². The van der Waals surface area contributed by atoms with E-state index in [1.54, 1.807) is 0 Å². The summed E-state index contributed by atoms with van der Waals surface area (Å²) in [5.74, 6) is 1.12. The summed E-state index contributed by atoms with van der Waals surface area (Å²) in [5, 5.41) is 7.49. The van der Waals surface area contributed by atoms with Crippen LogP contribution >= 0.6 is 0 Å². The predicted molar refractivity (Wildman–Crippen MR) is 64.5 cm³/mol. The summed E-state index contributed by atoms with van der Waals surface area (Å²) in [7, 11) is 0. The van der Waals surface area contributed by atoms with Gasteiger partial charge in [0.1, 0.15) is 5.75 Å². The largest absolute Gasteiger partial charge is 0.493 e. The quantitative estimate of drug-likeness (QED) is 0.803. The highest BCUT2D eigenvalue weighted by molar-refractivity contribution is 5.62. The maximum absolute atomic E-state index is 5.67. The highest BCUT2D eigenvalue weighted by Gasteiger charge is 2.11. The van der Waals surface area contributed by atoms with Gasteiger partial charge in [-0.15, -0.1) is 5.10 Å². The van der Waals surface area contributed by atoms with Gasteiger partial charge in [0.2, 0.25) is 0 Å². The average Bonchev–Trinajstić information content (AvgIpc) is 2.77. The number of ether oxygens (including phenoxy) is 1. The number of hydrogen-bond acceptors (Lipinski definition) is 5. The van der Waals surface area contributed by atoms with Crippen LogP contribution in [0.25, 0.3) is 11.5 Å². The summed E-state index contributed by atoms with van der Waals surface area (Å²) in [6.07, 6.45) is 2.11. The Hall–Kier alpha value is -2.04. The molecule has 0 bridgehead atoms. The van der Waals surface area contributed by atoms with Gasteiger partial charge in [-0.25, -0.2) is 0 Å². The zero-order valence-electron chi connectivity index (χ0n) is 9.72. The lowest BCUT2D eigenvalue weighted by Crippen LogP contribution is -1.98. The molecule has 0 saturated carbocycles. The molecule has 1 aromatic carbocycles. The van der Waals surface area contributed by atoms with E-state index in [0.29, 0.717) is 12.5 Å². The zero-order chi connectivity index (χ0) is 12.1. The number of nitrogen functional groups attached to an aromatic ring is 1. The molecule has 1 aromatic heterocycles. The molecule has 1 heterocycles. The van der Waals surface area contributed by atoms with Crippen LogP contribution < -0.4 is 10.5 Å². The van der Waals surface area contributed by atoms with Crippen molar-refractivity contribution in [1.82, 2.24) is 10.2 Å². The molecular weight excluding hydrogens is 218 g/mol. The fourth-order valence-electron chi connectivity index (χ4n) is 1.44. The van der Waals surface area contributed by atoms with Crippen LogP contribution in [0.1, 0.15) is 19.8 Å². The van der Waals surface area contributed by atoms with Crippen LogP contribution in [0, 0.1) is 0 Å². The van der Waals surface area contributed by atoms with Crippen LogP contribution in [0.4, 0.5) is 6.01 Å². The summed E-state index contributed by atoms with van der Waals surface area (Å²) in [5.41, 5.74) is 6.18. The molecule has 2 N–H and O–H groups in total. The van der Waals surface area contributed by atoms with E-state index >= 15 is 0 Å². The standard InChI is InChI=1S/C12H15N3O2/c1-2-3-8-16-10-7-5-4-6-9(10)11-14-15-12(13)17-11/h4-7H,2-3,8H2,1H3,(H2,13,15). The van der Waals surface area contributed by atoms with Crippen LogP contribution in [0.5, 0.6) is 5.75 Å². The van der Waals surface area contributed by atoms with Crippen molar-refractivity contribution < 1.29 is 9.15 Å². The minimum absolute atomic E-state index is 0.0587. The summed E-state index contributed by atoms with van der Waals surface area (Å²) in [6.45, 7) is 2.80. The second-order valence-corrected chi connectivity index (χ2v) is 3.64. The molecule has 90 valence electrons. The van der Waals surface area contributed by atoms with Gasteiger partial charge in [-0.3, -0.25) is 0 Å². The SMILES string of the molecule is CCCCOc1ccccc1-c1nnc(N)o1. The third kappa shape index (κ3) is 2.75. The third-order valence-electron chi connectivity index (χ3n) is 2.31. The molecule has 0 radical (unpaired) electrons. The Morgan fingerprint density at radius 1 is 1.29 bits per heavy atom. The van der Waals surface area contributed by atoms with Crippen LogP contribution in [-0.4, -0.2) is 16.8 Å². The number of para-hydroxylation sites is 1. The molecule has 0 atom stereocenters. The zero-order valence-corrected chi connectivity index (χ0v) is 9.72. The first-order chi connectivity index (χ1) is 8.31. The van der Waals surface area contributed by atoms with Gasteiger partial charge >= 0.3 is 6.01 Å². The van der Waals surface area contributed by atoms with Gasteiger partial charge in [0.25, 0.3) is 5.89 Å². The lowest BCUT2D eigenvalue weighted by atomic mass is 10.2. The lowest BCUT2D eigenvalue weighted by molar-refractivity contribution is 0.310. The summed E-state index contributed by atoms with van der Waals surface area (Å²) < 4.78 is 10.9. The molecule has 2 rings (SSSR count). The molecule has 5 nitrogen and oxygen atoms in total. The topological polar surface area (TPSA) is 74.2 Å². The number of unbranched alkanes of at least 4 members (excludes halogenated alkanes) is 1. The van der Waals surface area contributed by atoms with Crippen molar-refractivity contribution in [1.29, 1.82) is 0 Å². The van der Waals surface area contributed by atoms with Gasteiger partial charge in [-0.1, -0.05) is 30.6 Å². The molecule has 0 saturated heterocycles. The minimum atomic E-state index is 0.0587.